The average molecular weight is 256 g/mol. The van der Waals surface area contributed by atoms with E-state index in [-0.39, 0.29) is 0 Å². The molecule has 2 rings (SSSR count). The molecule has 0 amide bonds. The van der Waals surface area contributed by atoms with Gasteiger partial charge in [0.1, 0.15) is 0 Å². The van der Waals surface area contributed by atoms with Gasteiger partial charge in [-0.2, -0.15) is 0 Å². The zero-order valence-electron chi connectivity index (χ0n) is 11.2. The molecular formula is C13H24N2O3. The summed E-state index contributed by atoms with van der Waals surface area (Å²) in [5, 5.41) is 12.7. The van der Waals surface area contributed by atoms with Gasteiger partial charge < -0.3 is 20.1 Å². The Balaban J connectivity index is 1.90. The molecule has 1 atom stereocenters. The molecular weight excluding hydrogens is 232 g/mol. The fourth-order valence-corrected chi connectivity index (χ4v) is 3.12. The molecule has 2 heterocycles. The molecule has 2 aliphatic heterocycles. The van der Waals surface area contributed by atoms with Crippen molar-refractivity contribution in [2.24, 2.45) is 0 Å². The molecule has 5 nitrogen and oxygen atoms in total. The number of rotatable bonds is 3. The number of piperidine rings is 1. The van der Waals surface area contributed by atoms with E-state index in [1.54, 1.807) is 0 Å². The predicted octanol–water partition coefficient (Wildman–Crippen LogP) is 0.694. The Morgan fingerprint density at radius 1 is 1.33 bits per heavy atom. The first-order chi connectivity index (χ1) is 8.68. The predicted molar refractivity (Wildman–Crippen MR) is 68.7 cm³/mol. The van der Waals surface area contributed by atoms with Crippen molar-refractivity contribution < 1.29 is 14.6 Å². The summed E-state index contributed by atoms with van der Waals surface area (Å²) in [5.74, 6) is -0.813. The van der Waals surface area contributed by atoms with Crippen LogP contribution in [0.1, 0.15) is 32.1 Å². The molecule has 104 valence electrons. The molecule has 0 radical (unpaired) electrons. The van der Waals surface area contributed by atoms with Gasteiger partial charge >= 0.3 is 5.97 Å². The number of methoxy groups -OCH3 is 1. The molecule has 1 unspecified atom stereocenters. The summed E-state index contributed by atoms with van der Waals surface area (Å²) in [6.07, 6.45) is 4.81. The standard InChI is InChI=1S/C13H24N2O3/c1-18-13(12(16)17)5-9-15(10-6-13)11-3-2-7-14-8-4-11/h11,14H,2-10H2,1H3,(H,16,17). The summed E-state index contributed by atoms with van der Waals surface area (Å²) in [7, 11) is 1.51. The highest BCUT2D eigenvalue weighted by atomic mass is 16.5. The van der Waals surface area contributed by atoms with Crippen molar-refractivity contribution in [3.05, 3.63) is 0 Å². The minimum absolute atomic E-state index is 0.600. The van der Waals surface area contributed by atoms with E-state index in [4.69, 9.17) is 4.74 Å². The number of aliphatic carboxylic acids is 1. The quantitative estimate of drug-likeness (QED) is 0.778. The molecule has 18 heavy (non-hydrogen) atoms. The van der Waals surface area contributed by atoms with Crippen LogP contribution in [0, 0.1) is 0 Å². The Hall–Kier alpha value is -0.650. The number of carboxylic acids is 1. The van der Waals surface area contributed by atoms with Crippen LogP contribution < -0.4 is 5.32 Å². The van der Waals surface area contributed by atoms with E-state index in [2.05, 4.69) is 10.2 Å². The van der Waals surface area contributed by atoms with Crippen LogP contribution in [0.15, 0.2) is 0 Å². The summed E-state index contributed by atoms with van der Waals surface area (Å²) in [6, 6.07) is 0.614. The molecule has 2 fully saturated rings. The molecule has 0 aromatic carbocycles. The zero-order valence-corrected chi connectivity index (χ0v) is 11.2. The fourth-order valence-electron chi connectivity index (χ4n) is 3.12. The molecule has 0 aromatic heterocycles. The van der Waals surface area contributed by atoms with Crippen LogP contribution >= 0.6 is 0 Å². The SMILES string of the molecule is COC1(C(=O)O)CCN(C2CCCNCC2)CC1. The van der Waals surface area contributed by atoms with Gasteiger partial charge in [-0.05, 0) is 45.2 Å². The van der Waals surface area contributed by atoms with Gasteiger partial charge in [-0.25, -0.2) is 4.79 Å². The molecule has 0 aromatic rings. The molecule has 0 spiro atoms. The van der Waals surface area contributed by atoms with Crippen molar-refractivity contribution in [3.63, 3.8) is 0 Å². The summed E-state index contributed by atoms with van der Waals surface area (Å²) in [4.78, 5) is 13.7. The third-order valence-corrected chi connectivity index (χ3v) is 4.45. The minimum Gasteiger partial charge on any atom is -0.479 e. The first-order valence-electron chi connectivity index (χ1n) is 6.91. The van der Waals surface area contributed by atoms with E-state index in [0.29, 0.717) is 18.9 Å². The largest absolute Gasteiger partial charge is 0.479 e. The number of likely N-dealkylation sites (tertiary alicyclic amines) is 1. The van der Waals surface area contributed by atoms with Gasteiger partial charge in [0, 0.05) is 26.2 Å². The lowest BCUT2D eigenvalue weighted by atomic mass is 9.89. The van der Waals surface area contributed by atoms with Crippen LogP contribution in [-0.2, 0) is 9.53 Å². The molecule has 0 aliphatic carbocycles. The monoisotopic (exact) mass is 256 g/mol. The Bertz CT molecular complexity index is 280. The van der Waals surface area contributed by atoms with E-state index >= 15 is 0 Å². The number of hydrogen-bond donors (Lipinski definition) is 2. The number of hydrogen-bond acceptors (Lipinski definition) is 4. The maximum Gasteiger partial charge on any atom is 0.336 e. The van der Waals surface area contributed by atoms with Crippen LogP contribution in [0.25, 0.3) is 0 Å². The fraction of sp³-hybridized carbons (Fsp3) is 0.923. The van der Waals surface area contributed by atoms with Crippen molar-refractivity contribution in [2.45, 2.75) is 43.7 Å². The topological polar surface area (TPSA) is 61.8 Å². The van der Waals surface area contributed by atoms with E-state index in [1.807, 2.05) is 0 Å². The second kappa shape index (κ2) is 5.99. The lowest BCUT2D eigenvalue weighted by Gasteiger charge is -2.41. The minimum atomic E-state index is -0.945. The average Bonchev–Trinajstić information content (AvgIpc) is 2.67. The van der Waals surface area contributed by atoms with Crippen LogP contribution in [0.4, 0.5) is 0 Å². The van der Waals surface area contributed by atoms with Crippen LogP contribution in [-0.4, -0.2) is 60.9 Å². The number of nitrogens with zero attached hydrogens (tertiary/aromatic N) is 1. The molecule has 0 bridgehead atoms. The smallest absolute Gasteiger partial charge is 0.336 e. The first kappa shape index (κ1) is 13.8. The highest BCUT2D eigenvalue weighted by Crippen LogP contribution is 2.28. The van der Waals surface area contributed by atoms with E-state index in [1.165, 1.54) is 26.4 Å². The van der Waals surface area contributed by atoms with Gasteiger partial charge in [-0.1, -0.05) is 0 Å². The van der Waals surface area contributed by atoms with Gasteiger partial charge in [-0.3, -0.25) is 0 Å². The van der Waals surface area contributed by atoms with Gasteiger partial charge in [0.15, 0.2) is 5.60 Å². The molecule has 5 heteroatoms. The normalized spacial score (nSPS) is 29.7. The third-order valence-electron chi connectivity index (χ3n) is 4.45. The highest BCUT2D eigenvalue weighted by molar-refractivity contribution is 5.77. The van der Waals surface area contributed by atoms with E-state index in [0.717, 1.165) is 26.2 Å². The Morgan fingerprint density at radius 2 is 2.06 bits per heavy atom. The van der Waals surface area contributed by atoms with Crippen molar-refractivity contribution in [2.75, 3.05) is 33.3 Å². The van der Waals surface area contributed by atoms with Gasteiger partial charge in [0.25, 0.3) is 0 Å². The summed E-state index contributed by atoms with van der Waals surface area (Å²) >= 11 is 0. The second-order valence-corrected chi connectivity index (χ2v) is 5.37. The molecule has 0 saturated carbocycles. The van der Waals surface area contributed by atoms with E-state index in [9.17, 15) is 9.90 Å². The lowest BCUT2D eigenvalue weighted by Crippen LogP contribution is -2.53. The number of ether oxygens (including phenoxy) is 1. The summed E-state index contributed by atoms with van der Waals surface area (Å²) in [6.45, 7) is 3.87. The van der Waals surface area contributed by atoms with Crippen molar-refractivity contribution >= 4 is 5.97 Å². The Labute approximate surface area is 108 Å². The van der Waals surface area contributed by atoms with Crippen molar-refractivity contribution in [3.8, 4) is 0 Å². The summed E-state index contributed by atoms with van der Waals surface area (Å²) < 4.78 is 5.26. The van der Waals surface area contributed by atoms with Crippen LogP contribution in [0.5, 0.6) is 0 Å². The maximum atomic E-state index is 11.3. The van der Waals surface area contributed by atoms with Crippen molar-refractivity contribution in [1.29, 1.82) is 0 Å². The van der Waals surface area contributed by atoms with Crippen molar-refractivity contribution in [1.82, 2.24) is 10.2 Å². The molecule has 2 saturated heterocycles. The maximum absolute atomic E-state index is 11.3. The third kappa shape index (κ3) is 2.84. The zero-order chi connectivity index (χ0) is 13.0. The highest BCUT2D eigenvalue weighted by Gasteiger charge is 2.42. The van der Waals surface area contributed by atoms with E-state index < -0.39 is 11.6 Å². The van der Waals surface area contributed by atoms with Gasteiger partial charge in [0.2, 0.25) is 0 Å². The first-order valence-corrected chi connectivity index (χ1v) is 6.91. The number of carboxylic acid groups (broad SMARTS) is 1. The van der Waals surface area contributed by atoms with Gasteiger partial charge in [-0.15, -0.1) is 0 Å². The van der Waals surface area contributed by atoms with Gasteiger partial charge in [0.05, 0.1) is 0 Å². The lowest BCUT2D eigenvalue weighted by molar-refractivity contribution is -0.169. The number of carbonyl (C=O) groups is 1. The van der Waals surface area contributed by atoms with Crippen LogP contribution in [0.3, 0.4) is 0 Å². The molecule has 2 aliphatic rings. The number of nitrogens with one attached hydrogen (secondary N) is 1. The summed E-state index contributed by atoms with van der Waals surface area (Å²) in [5.41, 5.74) is -0.945. The second-order valence-electron chi connectivity index (χ2n) is 5.37. The Kier molecular flexibility index (Phi) is 4.59. The molecule has 2 N–H and O–H groups in total. The Morgan fingerprint density at radius 3 is 2.67 bits per heavy atom. The van der Waals surface area contributed by atoms with Crippen LogP contribution in [0.2, 0.25) is 0 Å².